The molecular weight excluding hydrogens is 179 g/mol. The monoisotopic (exact) mass is 192 g/mol. The average molecular weight is 192 g/mol. The molecule has 0 spiro atoms. The fraction of sp³-hybridized carbons (Fsp3) is 0.364. The minimum absolute atomic E-state index is 0.209. The molecular formula is C11H13FN2. The van der Waals surface area contributed by atoms with Crippen molar-refractivity contribution in [1.29, 1.82) is 5.26 Å². The second kappa shape index (κ2) is 5.36. The molecule has 0 unspecified atom stereocenters. The number of likely N-dealkylation sites (N-methyl/N-ethyl adjacent to an activating group) is 1. The Morgan fingerprint density at radius 2 is 2.00 bits per heavy atom. The van der Waals surface area contributed by atoms with E-state index in [0.29, 0.717) is 6.54 Å². The van der Waals surface area contributed by atoms with Gasteiger partial charge in [-0.2, -0.15) is 5.26 Å². The van der Waals surface area contributed by atoms with Gasteiger partial charge in [-0.1, -0.05) is 12.1 Å². The third-order valence-electron chi connectivity index (χ3n) is 2.04. The molecule has 0 bridgehead atoms. The third-order valence-corrected chi connectivity index (χ3v) is 2.04. The molecule has 74 valence electrons. The number of nitrogens with zero attached hydrogens (tertiary/aromatic N) is 2. The quantitative estimate of drug-likeness (QED) is 0.680. The van der Waals surface area contributed by atoms with Crippen molar-refractivity contribution in [3.63, 3.8) is 0 Å². The van der Waals surface area contributed by atoms with Crippen molar-refractivity contribution in [1.82, 2.24) is 4.90 Å². The summed E-state index contributed by atoms with van der Waals surface area (Å²) < 4.78 is 12.6. The molecule has 1 rings (SSSR count). The Hall–Kier alpha value is -1.40. The molecule has 0 saturated heterocycles. The molecule has 0 aliphatic carbocycles. The molecule has 14 heavy (non-hydrogen) atoms. The Labute approximate surface area is 83.6 Å². The van der Waals surface area contributed by atoms with Crippen LogP contribution in [0.1, 0.15) is 5.56 Å². The van der Waals surface area contributed by atoms with Gasteiger partial charge in [-0.15, -0.1) is 0 Å². The minimum Gasteiger partial charge on any atom is -0.293 e. The third kappa shape index (κ3) is 3.55. The largest absolute Gasteiger partial charge is 0.293 e. The van der Waals surface area contributed by atoms with Crippen molar-refractivity contribution in [2.75, 3.05) is 20.1 Å². The summed E-state index contributed by atoms with van der Waals surface area (Å²) in [5.74, 6) is -0.209. The van der Waals surface area contributed by atoms with E-state index < -0.39 is 0 Å². The minimum atomic E-state index is -0.209. The molecule has 0 amide bonds. The average Bonchev–Trinajstić information content (AvgIpc) is 2.17. The van der Waals surface area contributed by atoms with E-state index in [9.17, 15) is 4.39 Å². The lowest BCUT2D eigenvalue weighted by atomic mass is 10.1. The van der Waals surface area contributed by atoms with Crippen LogP contribution in [0, 0.1) is 17.1 Å². The summed E-state index contributed by atoms with van der Waals surface area (Å²) in [6.45, 7) is 1.25. The highest BCUT2D eigenvalue weighted by Crippen LogP contribution is 2.03. The van der Waals surface area contributed by atoms with Gasteiger partial charge >= 0.3 is 0 Å². The summed E-state index contributed by atoms with van der Waals surface area (Å²) in [6, 6.07) is 8.54. The first-order chi connectivity index (χ1) is 6.72. The first-order valence-corrected chi connectivity index (χ1v) is 4.52. The number of hydrogen-bond acceptors (Lipinski definition) is 2. The van der Waals surface area contributed by atoms with E-state index in [2.05, 4.69) is 6.07 Å². The van der Waals surface area contributed by atoms with E-state index in [4.69, 9.17) is 5.26 Å². The van der Waals surface area contributed by atoms with Gasteiger partial charge in [-0.25, -0.2) is 4.39 Å². The zero-order valence-corrected chi connectivity index (χ0v) is 8.20. The Bertz CT molecular complexity index is 313. The van der Waals surface area contributed by atoms with Crippen molar-refractivity contribution in [2.45, 2.75) is 6.42 Å². The summed E-state index contributed by atoms with van der Waals surface area (Å²) in [7, 11) is 1.90. The summed E-state index contributed by atoms with van der Waals surface area (Å²) in [5.41, 5.74) is 1.09. The second-order valence-corrected chi connectivity index (χ2v) is 3.27. The van der Waals surface area contributed by atoms with Crippen molar-refractivity contribution in [3.8, 4) is 6.07 Å². The fourth-order valence-electron chi connectivity index (χ4n) is 1.17. The lowest BCUT2D eigenvalue weighted by Crippen LogP contribution is -2.21. The summed E-state index contributed by atoms with van der Waals surface area (Å²) in [6.07, 6.45) is 0.846. The summed E-state index contributed by atoms with van der Waals surface area (Å²) in [4.78, 5) is 1.93. The van der Waals surface area contributed by atoms with Gasteiger partial charge < -0.3 is 0 Å². The highest BCUT2D eigenvalue weighted by Gasteiger charge is 1.98. The van der Waals surface area contributed by atoms with Crippen LogP contribution in [-0.2, 0) is 6.42 Å². The number of benzene rings is 1. The van der Waals surface area contributed by atoms with Crippen LogP contribution < -0.4 is 0 Å². The molecule has 1 aromatic carbocycles. The van der Waals surface area contributed by atoms with Gasteiger partial charge in [0.15, 0.2) is 0 Å². The Morgan fingerprint density at radius 3 is 2.57 bits per heavy atom. The maximum Gasteiger partial charge on any atom is 0.123 e. The molecule has 0 aliphatic heterocycles. The first kappa shape index (κ1) is 10.7. The molecule has 0 N–H and O–H groups in total. The molecule has 0 fully saturated rings. The van der Waals surface area contributed by atoms with Crippen molar-refractivity contribution in [2.24, 2.45) is 0 Å². The Balaban J connectivity index is 2.39. The summed E-state index contributed by atoms with van der Waals surface area (Å²) in [5, 5.41) is 8.43. The van der Waals surface area contributed by atoms with Gasteiger partial charge in [-0.3, -0.25) is 4.90 Å². The van der Waals surface area contributed by atoms with E-state index in [1.807, 2.05) is 11.9 Å². The standard InChI is InChI=1S/C11H13FN2/c1-14(9-7-13)8-6-10-2-4-11(12)5-3-10/h2-5H,6,8-9H2,1H3. The van der Waals surface area contributed by atoms with Crippen LogP contribution in [0.25, 0.3) is 0 Å². The molecule has 0 radical (unpaired) electrons. The van der Waals surface area contributed by atoms with Gasteiger partial charge in [0.1, 0.15) is 5.82 Å². The maximum atomic E-state index is 12.6. The van der Waals surface area contributed by atoms with Crippen LogP contribution in [0.2, 0.25) is 0 Å². The topological polar surface area (TPSA) is 27.0 Å². The fourth-order valence-corrected chi connectivity index (χ4v) is 1.17. The molecule has 0 aromatic heterocycles. The molecule has 3 heteroatoms. The number of halogens is 1. The van der Waals surface area contributed by atoms with Gasteiger partial charge in [0, 0.05) is 6.54 Å². The van der Waals surface area contributed by atoms with Crippen LogP contribution >= 0.6 is 0 Å². The second-order valence-electron chi connectivity index (χ2n) is 3.27. The van der Waals surface area contributed by atoms with Crippen molar-refractivity contribution in [3.05, 3.63) is 35.6 Å². The molecule has 0 heterocycles. The highest BCUT2D eigenvalue weighted by molar-refractivity contribution is 5.16. The van der Waals surface area contributed by atoms with E-state index in [0.717, 1.165) is 18.5 Å². The van der Waals surface area contributed by atoms with Crippen LogP contribution in [0.3, 0.4) is 0 Å². The highest BCUT2D eigenvalue weighted by atomic mass is 19.1. The number of rotatable bonds is 4. The normalized spacial score (nSPS) is 10.1. The smallest absolute Gasteiger partial charge is 0.123 e. The molecule has 0 saturated carbocycles. The molecule has 0 aliphatic rings. The Morgan fingerprint density at radius 1 is 1.36 bits per heavy atom. The van der Waals surface area contributed by atoms with Crippen LogP contribution in [0.4, 0.5) is 4.39 Å². The van der Waals surface area contributed by atoms with E-state index in [1.165, 1.54) is 12.1 Å². The SMILES string of the molecule is CN(CC#N)CCc1ccc(F)cc1. The van der Waals surface area contributed by atoms with Gasteiger partial charge in [-0.05, 0) is 31.2 Å². The number of hydrogen-bond donors (Lipinski definition) is 0. The summed E-state index contributed by atoms with van der Waals surface area (Å²) >= 11 is 0. The van der Waals surface area contributed by atoms with Crippen LogP contribution in [-0.4, -0.2) is 25.0 Å². The lowest BCUT2D eigenvalue weighted by molar-refractivity contribution is 0.379. The molecule has 2 nitrogen and oxygen atoms in total. The predicted molar refractivity (Wildman–Crippen MR) is 53.2 cm³/mol. The van der Waals surface area contributed by atoms with Crippen molar-refractivity contribution >= 4 is 0 Å². The van der Waals surface area contributed by atoms with Crippen molar-refractivity contribution < 1.29 is 4.39 Å². The zero-order valence-electron chi connectivity index (χ0n) is 8.20. The van der Waals surface area contributed by atoms with Crippen LogP contribution in [0.5, 0.6) is 0 Å². The van der Waals surface area contributed by atoms with E-state index in [1.54, 1.807) is 12.1 Å². The van der Waals surface area contributed by atoms with Gasteiger partial charge in [0.05, 0.1) is 12.6 Å². The molecule has 1 aromatic rings. The van der Waals surface area contributed by atoms with Crippen LogP contribution in [0.15, 0.2) is 24.3 Å². The van der Waals surface area contributed by atoms with E-state index >= 15 is 0 Å². The van der Waals surface area contributed by atoms with Gasteiger partial charge in [0.2, 0.25) is 0 Å². The Kier molecular flexibility index (Phi) is 4.09. The zero-order chi connectivity index (χ0) is 10.4. The van der Waals surface area contributed by atoms with Gasteiger partial charge in [0.25, 0.3) is 0 Å². The first-order valence-electron chi connectivity index (χ1n) is 4.52. The molecule has 0 atom stereocenters. The lowest BCUT2D eigenvalue weighted by Gasteiger charge is -2.11. The maximum absolute atomic E-state index is 12.6. The predicted octanol–water partition coefficient (Wildman–Crippen LogP) is 1.82. The van der Waals surface area contributed by atoms with E-state index in [-0.39, 0.29) is 5.82 Å². The number of nitriles is 1.